The van der Waals surface area contributed by atoms with Crippen LogP contribution in [0.5, 0.6) is 5.75 Å². The van der Waals surface area contributed by atoms with Gasteiger partial charge in [0.1, 0.15) is 11.9 Å². The predicted molar refractivity (Wildman–Crippen MR) is 73.3 cm³/mol. The Balaban J connectivity index is 2.12. The maximum Gasteiger partial charge on any atom is 0.119 e. The molecule has 0 heterocycles. The summed E-state index contributed by atoms with van der Waals surface area (Å²) in [6.07, 6.45) is 3.67. The van der Waals surface area contributed by atoms with Crippen molar-refractivity contribution < 1.29 is 9.13 Å². The van der Waals surface area contributed by atoms with Gasteiger partial charge in [-0.15, -0.1) is 0 Å². The molecule has 17 heavy (non-hydrogen) atoms. The number of alkyl halides is 1. The Morgan fingerprint density at radius 3 is 2.53 bits per heavy atom. The van der Waals surface area contributed by atoms with Crippen LogP contribution in [0.1, 0.15) is 39.0 Å². The molecule has 1 atom stereocenters. The van der Waals surface area contributed by atoms with Gasteiger partial charge in [-0.05, 0) is 30.7 Å². The van der Waals surface area contributed by atoms with Crippen LogP contribution in [0, 0.1) is 0 Å². The van der Waals surface area contributed by atoms with Crippen molar-refractivity contribution in [2.45, 2.75) is 45.2 Å². The van der Waals surface area contributed by atoms with Crippen LogP contribution in [-0.2, 0) is 0 Å². The van der Waals surface area contributed by atoms with E-state index in [0.717, 1.165) is 29.5 Å². The van der Waals surface area contributed by atoms with Gasteiger partial charge < -0.3 is 4.74 Å². The molecule has 1 aromatic carbocycles. The third kappa shape index (κ3) is 6.67. The molecule has 0 spiro atoms. The predicted octanol–water partition coefficient (Wildman–Crippen LogP) is 5.14. The molecule has 96 valence electrons. The number of halogens is 2. The first kappa shape index (κ1) is 14.5. The Morgan fingerprint density at radius 1 is 1.18 bits per heavy atom. The van der Waals surface area contributed by atoms with E-state index in [0.29, 0.717) is 19.4 Å². The highest BCUT2D eigenvalue weighted by Gasteiger charge is 2.06. The average molecular weight is 303 g/mol. The zero-order valence-corrected chi connectivity index (χ0v) is 11.9. The van der Waals surface area contributed by atoms with E-state index in [4.69, 9.17) is 4.74 Å². The number of unbranched alkanes of at least 4 members (excludes halogenated alkanes) is 2. The average Bonchev–Trinajstić information content (AvgIpc) is 2.32. The van der Waals surface area contributed by atoms with Gasteiger partial charge in [0.15, 0.2) is 0 Å². The van der Waals surface area contributed by atoms with Crippen LogP contribution in [0.4, 0.5) is 4.39 Å². The van der Waals surface area contributed by atoms with Crippen molar-refractivity contribution >= 4 is 15.9 Å². The molecule has 1 nitrogen and oxygen atoms in total. The third-order valence-electron chi connectivity index (χ3n) is 2.63. The monoisotopic (exact) mass is 302 g/mol. The second-order valence-corrected chi connectivity index (χ2v) is 5.10. The molecule has 0 aliphatic heterocycles. The molecular formula is C14H20BrFO. The molecule has 1 unspecified atom stereocenters. The highest BCUT2D eigenvalue weighted by atomic mass is 79.9. The van der Waals surface area contributed by atoms with Gasteiger partial charge in [0.05, 0.1) is 6.61 Å². The molecule has 3 heteroatoms. The third-order valence-corrected chi connectivity index (χ3v) is 3.16. The molecule has 0 radical (unpaired) electrons. The number of ether oxygens (including phenoxy) is 1. The van der Waals surface area contributed by atoms with Crippen molar-refractivity contribution in [2.24, 2.45) is 0 Å². The van der Waals surface area contributed by atoms with Crippen LogP contribution < -0.4 is 4.74 Å². The van der Waals surface area contributed by atoms with Gasteiger partial charge in [-0.25, -0.2) is 4.39 Å². The fourth-order valence-electron chi connectivity index (χ4n) is 1.60. The highest BCUT2D eigenvalue weighted by molar-refractivity contribution is 9.10. The summed E-state index contributed by atoms with van der Waals surface area (Å²) in [5.41, 5.74) is 0. The van der Waals surface area contributed by atoms with Crippen LogP contribution in [-0.4, -0.2) is 12.8 Å². The van der Waals surface area contributed by atoms with E-state index >= 15 is 0 Å². The van der Waals surface area contributed by atoms with Crippen molar-refractivity contribution in [3.63, 3.8) is 0 Å². The van der Waals surface area contributed by atoms with E-state index < -0.39 is 6.17 Å². The van der Waals surface area contributed by atoms with E-state index in [2.05, 4.69) is 22.9 Å². The lowest BCUT2D eigenvalue weighted by molar-refractivity contribution is 0.222. The van der Waals surface area contributed by atoms with Gasteiger partial charge in [0.2, 0.25) is 0 Å². The second kappa shape index (κ2) is 8.51. The fraction of sp³-hybridized carbons (Fsp3) is 0.571. The first-order valence-corrected chi connectivity index (χ1v) is 7.04. The Kier molecular flexibility index (Phi) is 7.25. The Morgan fingerprint density at radius 2 is 1.88 bits per heavy atom. The zero-order chi connectivity index (χ0) is 12.5. The van der Waals surface area contributed by atoms with E-state index in [1.807, 2.05) is 24.3 Å². The largest absolute Gasteiger partial charge is 0.493 e. The molecule has 0 aliphatic rings. The van der Waals surface area contributed by atoms with E-state index in [1.54, 1.807) is 0 Å². The normalized spacial score (nSPS) is 12.4. The molecule has 0 N–H and O–H groups in total. The van der Waals surface area contributed by atoms with Crippen LogP contribution in [0.3, 0.4) is 0 Å². The Bertz CT molecular complexity index is 300. The maximum atomic E-state index is 13.4. The van der Waals surface area contributed by atoms with Gasteiger partial charge in [-0.2, -0.15) is 0 Å². The molecule has 0 saturated heterocycles. The minimum Gasteiger partial charge on any atom is -0.493 e. The van der Waals surface area contributed by atoms with E-state index in [-0.39, 0.29) is 0 Å². The first-order chi connectivity index (χ1) is 8.22. The van der Waals surface area contributed by atoms with Gasteiger partial charge >= 0.3 is 0 Å². The molecule has 0 aromatic heterocycles. The summed E-state index contributed by atoms with van der Waals surface area (Å²) in [6, 6.07) is 7.61. The summed E-state index contributed by atoms with van der Waals surface area (Å²) in [4.78, 5) is 0. The molecule has 1 aromatic rings. The highest BCUT2D eigenvalue weighted by Crippen LogP contribution is 2.17. The lowest BCUT2D eigenvalue weighted by Crippen LogP contribution is -2.07. The summed E-state index contributed by atoms with van der Waals surface area (Å²) in [5.74, 6) is 0.800. The van der Waals surface area contributed by atoms with Crippen LogP contribution in [0.2, 0.25) is 0 Å². The van der Waals surface area contributed by atoms with Crippen LogP contribution in [0.15, 0.2) is 28.7 Å². The minimum absolute atomic E-state index is 0.453. The van der Waals surface area contributed by atoms with Crippen molar-refractivity contribution in [2.75, 3.05) is 6.61 Å². The van der Waals surface area contributed by atoms with Crippen LogP contribution in [0.25, 0.3) is 0 Å². The van der Waals surface area contributed by atoms with Gasteiger partial charge in [-0.1, -0.05) is 42.1 Å². The summed E-state index contributed by atoms with van der Waals surface area (Å²) < 4.78 is 19.9. The number of hydrogen-bond acceptors (Lipinski definition) is 1. The first-order valence-electron chi connectivity index (χ1n) is 6.24. The fourth-order valence-corrected chi connectivity index (χ4v) is 1.86. The lowest BCUT2D eigenvalue weighted by Gasteiger charge is -2.09. The standard InChI is InChI=1S/C14H20BrFO/c1-2-3-4-5-13(16)10-11-17-14-8-6-12(15)7-9-14/h6-9,13H,2-5,10-11H2,1H3. The summed E-state index contributed by atoms with van der Waals surface area (Å²) in [5, 5.41) is 0. The van der Waals surface area contributed by atoms with Crippen molar-refractivity contribution in [3.8, 4) is 5.75 Å². The summed E-state index contributed by atoms with van der Waals surface area (Å²) >= 11 is 3.36. The molecule has 0 saturated carbocycles. The zero-order valence-electron chi connectivity index (χ0n) is 10.3. The maximum absolute atomic E-state index is 13.4. The van der Waals surface area contributed by atoms with Gasteiger partial charge in [-0.3, -0.25) is 0 Å². The molecular weight excluding hydrogens is 283 g/mol. The van der Waals surface area contributed by atoms with E-state index in [9.17, 15) is 4.39 Å². The molecule has 0 bridgehead atoms. The Hall–Kier alpha value is -0.570. The van der Waals surface area contributed by atoms with Crippen LogP contribution >= 0.6 is 15.9 Å². The topological polar surface area (TPSA) is 9.23 Å². The Labute approximate surface area is 111 Å². The number of rotatable bonds is 8. The molecule has 0 aliphatic carbocycles. The van der Waals surface area contributed by atoms with E-state index in [1.165, 1.54) is 0 Å². The smallest absolute Gasteiger partial charge is 0.119 e. The molecule has 0 amide bonds. The minimum atomic E-state index is -0.725. The molecule has 0 fully saturated rings. The molecule has 1 rings (SSSR count). The summed E-state index contributed by atoms with van der Waals surface area (Å²) in [6.45, 7) is 2.58. The summed E-state index contributed by atoms with van der Waals surface area (Å²) in [7, 11) is 0. The lowest BCUT2D eigenvalue weighted by atomic mass is 10.1. The quantitative estimate of drug-likeness (QED) is 0.604. The van der Waals surface area contributed by atoms with Gasteiger partial charge in [0, 0.05) is 10.9 Å². The second-order valence-electron chi connectivity index (χ2n) is 4.18. The van der Waals surface area contributed by atoms with Crippen molar-refractivity contribution in [3.05, 3.63) is 28.7 Å². The number of hydrogen-bond donors (Lipinski definition) is 0. The van der Waals surface area contributed by atoms with Crippen molar-refractivity contribution in [1.82, 2.24) is 0 Å². The van der Waals surface area contributed by atoms with Crippen molar-refractivity contribution in [1.29, 1.82) is 0 Å². The number of benzene rings is 1. The SMILES string of the molecule is CCCCCC(F)CCOc1ccc(Br)cc1. The van der Waals surface area contributed by atoms with Gasteiger partial charge in [0.25, 0.3) is 0 Å².